The summed E-state index contributed by atoms with van der Waals surface area (Å²) < 4.78 is 5.69. The molecular weight excluding hydrogens is 350 g/mol. The van der Waals surface area contributed by atoms with Crippen LogP contribution < -0.4 is 4.74 Å². The molecular formula is C24H31NO3. The van der Waals surface area contributed by atoms with Gasteiger partial charge in [-0.05, 0) is 68.1 Å². The third kappa shape index (κ3) is 6.18. The van der Waals surface area contributed by atoms with Gasteiger partial charge in [0.2, 0.25) is 0 Å². The van der Waals surface area contributed by atoms with Crippen LogP contribution >= 0.6 is 0 Å². The van der Waals surface area contributed by atoms with E-state index in [1.54, 1.807) is 24.3 Å². The van der Waals surface area contributed by atoms with Crippen LogP contribution in [0.4, 0.5) is 0 Å². The first-order valence-corrected chi connectivity index (χ1v) is 10.3. The van der Waals surface area contributed by atoms with Gasteiger partial charge in [-0.15, -0.1) is 0 Å². The van der Waals surface area contributed by atoms with Gasteiger partial charge in [-0.25, -0.2) is 0 Å². The molecule has 2 aromatic carbocycles. The van der Waals surface area contributed by atoms with E-state index in [0.717, 1.165) is 25.4 Å². The van der Waals surface area contributed by atoms with Crippen molar-refractivity contribution in [3.05, 3.63) is 65.7 Å². The molecule has 3 rings (SSSR count). The van der Waals surface area contributed by atoms with Gasteiger partial charge < -0.3 is 14.7 Å². The Morgan fingerprint density at radius 3 is 2.43 bits per heavy atom. The van der Waals surface area contributed by atoms with Crippen LogP contribution in [0.3, 0.4) is 0 Å². The van der Waals surface area contributed by atoms with Crippen molar-refractivity contribution in [2.75, 3.05) is 26.2 Å². The minimum Gasteiger partial charge on any atom is -0.491 e. The average molecular weight is 382 g/mol. The van der Waals surface area contributed by atoms with Gasteiger partial charge >= 0.3 is 0 Å². The summed E-state index contributed by atoms with van der Waals surface area (Å²) in [6, 6.07) is 17.8. The predicted octanol–water partition coefficient (Wildman–Crippen LogP) is 3.97. The van der Waals surface area contributed by atoms with Crippen LogP contribution in [-0.2, 0) is 6.42 Å². The average Bonchev–Trinajstić information content (AvgIpc) is 2.74. The number of carbonyl (C=O) groups is 1. The fraction of sp³-hybridized carbons (Fsp3) is 0.458. The molecule has 1 N–H and O–H groups in total. The SMILES string of the molecule is CCC(=O)c1ccc(OCC(O)CN2CCC(Cc3ccccc3)CC2)cc1. The first kappa shape index (κ1) is 20.6. The second-order valence-electron chi connectivity index (χ2n) is 7.70. The molecule has 0 aliphatic carbocycles. The summed E-state index contributed by atoms with van der Waals surface area (Å²) in [6.07, 6.45) is 3.49. The maximum Gasteiger partial charge on any atom is 0.162 e. The van der Waals surface area contributed by atoms with E-state index in [4.69, 9.17) is 4.74 Å². The van der Waals surface area contributed by atoms with Crippen molar-refractivity contribution < 1.29 is 14.6 Å². The molecule has 2 aromatic rings. The van der Waals surface area contributed by atoms with E-state index < -0.39 is 6.10 Å². The number of ether oxygens (including phenoxy) is 1. The van der Waals surface area contributed by atoms with Crippen LogP contribution in [0.5, 0.6) is 5.75 Å². The molecule has 1 unspecified atom stereocenters. The largest absolute Gasteiger partial charge is 0.491 e. The number of hydrogen-bond acceptors (Lipinski definition) is 4. The number of piperidine rings is 1. The van der Waals surface area contributed by atoms with Crippen LogP contribution in [0, 0.1) is 5.92 Å². The van der Waals surface area contributed by atoms with Crippen LogP contribution in [0.25, 0.3) is 0 Å². The second-order valence-corrected chi connectivity index (χ2v) is 7.70. The van der Waals surface area contributed by atoms with E-state index in [9.17, 15) is 9.90 Å². The Morgan fingerprint density at radius 1 is 1.11 bits per heavy atom. The summed E-state index contributed by atoms with van der Waals surface area (Å²) in [7, 11) is 0. The molecule has 0 spiro atoms. The van der Waals surface area contributed by atoms with Gasteiger partial charge in [0.15, 0.2) is 5.78 Å². The highest BCUT2D eigenvalue weighted by Gasteiger charge is 2.21. The molecule has 0 bridgehead atoms. The van der Waals surface area contributed by atoms with Gasteiger partial charge in [0, 0.05) is 18.5 Å². The maximum absolute atomic E-state index is 11.7. The highest BCUT2D eigenvalue weighted by atomic mass is 16.5. The number of nitrogens with zero attached hydrogens (tertiary/aromatic N) is 1. The molecule has 0 amide bonds. The lowest BCUT2D eigenvalue weighted by Gasteiger charge is -2.33. The molecule has 1 fully saturated rings. The number of β-amino-alcohol motifs (C(OH)–C–C–N with tert-alkyl or cyclic N) is 1. The van der Waals surface area contributed by atoms with Crippen LogP contribution in [-0.4, -0.2) is 48.1 Å². The van der Waals surface area contributed by atoms with Gasteiger partial charge in [-0.1, -0.05) is 37.3 Å². The maximum atomic E-state index is 11.7. The Labute approximate surface area is 168 Å². The number of aliphatic hydroxyl groups excluding tert-OH is 1. The lowest BCUT2D eigenvalue weighted by molar-refractivity contribution is 0.0550. The summed E-state index contributed by atoms with van der Waals surface area (Å²) in [6.45, 7) is 4.83. The summed E-state index contributed by atoms with van der Waals surface area (Å²) >= 11 is 0. The van der Waals surface area contributed by atoms with Crippen molar-refractivity contribution in [2.24, 2.45) is 5.92 Å². The van der Waals surface area contributed by atoms with Crippen molar-refractivity contribution in [1.29, 1.82) is 0 Å². The molecule has 1 heterocycles. The fourth-order valence-electron chi connectivity index (χ4n) is 3.80. The van der Waals surface area contributed by atoms with Gasteiger partial charge in [0.1, 0.15) is 18.5 Å². The third-order valence-corrected chi connectivity index (χ3v) is 5.48. The number of ketones is 1. The molecule has 0 aromatic heterocycles. The molecule has 1 aliphatic rings. The number of benzene rings is 2. The van der Waals surface area contributed by atoms with Crippen LogP contribution in [0.2, 0.25) is 0 Å². The van der Waals surface area contributed by atoms with Crippen molar-refractivity contribution in [1.82, 2.24) is 4.90 Å². The van der Waals surface area contributed by atoms with E-state index in [1.807, 2.05) is 6.92 Å². The number of aliphatic hydroxyl groups is 1. The van der Waals surface area contributed by atoms with Crippen molar-refractivity contribution >= 4 is 5.78 Å². The van der Waals surface area contributed by atoms with E-state index in [-0.39, 0.29) is 12.4 Å². The predicted molar refractivity (Wildman–Crippen MR) is 112 cm³/mol. The lowest BCUT2D eigenvalue weighted by Crippen LogP contribution is -2.41. The van der Waals surface area contributed by atoms with Crippen molar-refractivity contribution in [2.45, 2.75) is 38.7 Å². The smallest absolute Gasteiger partial charge is 0.162 e. The number of carbonyl (C=O) groups excluding carboxylic acids is 1. The third-order valence-electron chi connectivity index (χ3n) is 5.48. The first-order valence-electron chi connectivity index (χ1n) is 10.3. The molecule has 0 radical (unpaired) electrons. The Hall–Kier alpha value is -2.17. The summed E-state index contributed by atoms with van der Waals surface area (Å²) in [5.41, 5.74) is 2.12. The number of likely N-dealkylation sites (tertiary alicyclic amines) is 1. The molecule has 1 saturated heterocycles. The molecule has 0 saturated carbocycles. The van der Waals surface area contributed by atoms with Gasteiger partial charge in [0.25, 0.3) is 0 Å². The highest BCUT2D eigenvalue weighted by molar-refractivity contribution is 5.95. The zero-order chi connectivity index (χ0) is 19.8. The molecule has 4 nitrogen and oxygen atoms in total. The first-order chi connectivity index (χ1) is 13.6. The fourth-order valence-corrected chi connectivity index (χ4v) is 3.80. The van der Waals surface area contributed by atoms with Crippen LogP contribution in [0.15, 0.2) is 54.6 Å². The Bertz CT molecular complexity index is 721. The zero-order valence-electron chi connectivity index (χ0n) is 16.7. The highest BCUT2D eigenvalue weighted by Crippen LogP contribution is 2.22. The van der Waals surface area contributed by atoms with Gasteiger partial charge in [0.05, 0.1) is 0 Å². The zero-order valence-corrected chi connectivity index (χ0v) is 16.7. The minimum atomic E-state index is -0.511. The van der Waals surface area contributed by atoms with Crippen LogP contribution in [0.1, 0.15) is 42.1 Å². The molecule has 4 heteroatoms. The Kier molecular flexibility index (Phi) is 7.63. The molecule has 28 heavy (non-hydrogen) atoms. The van der Waals surface area contributed by atoms with E-state index in [0.29, 0.717) is 24.3 Å². The number of hydrogen-bond donors (Lipinski definition) is 1. The Morgan fingerprint density at radius 2 is 1.79 bits per heavy atom. The standard InChI is InChI=1S/C24H31NO3/c1-2-24(27)21-8-10-23(11-9-21)28-18-22(26)17-25-14-12-20(13-15-25)16-19-6-4-3-5-7-19/h3-11,20,22,26H,2,12-18H2,1H3. The Balaban J connectivity index is 1.36. The number of Topliss-reactive ketones (excluding diaryl/α,β-unsaturated/α-hetero) is 1. The quantitative estimate of drug-likeness (QED) is 0.668. The second kappa shape index (κ2) is 10.4. The molecule has 1 aliphatic heterocycles. The van der Waals surface area contributed by atoms with Crippen molar-refractivity contribution in [3.8, 4) is 5.75 Å². The lowest BCUT2D eigenvalue weighted by atomic mass is 9.90. The topological polar surface area (TPSA) is 49.8 Å². The summed E-state index contributed by atoms with van der Waals surface area (Å²) in [4.78, 5) is 14.0. The van der Waals surface area contributed by atoms with E-state index in [2.05, 4.69) is 35.2 Å². The minimum absolute atomic E-state index is 0.127. The summed E-state index contributed by atoms with van der Waals surface area (Å²) in [5.74, 6) is 1.55. The van der Waals surface area contributed by atoms with E-state index >= 15 is 0 Å². The molecule has 1 atom stereocenters. The normalized spacial score (nSPS) is 16.6. The van der Waals surface area contributed by atoms with Crippen molar-refractivity contribution in [3.63, 3.8) is 0 Å². The summed E-state index contributed by atoms with van der Waals surface area (Å²) in [5, 5.41) is 10.3. The number of rotatable bonds is 9. The van der Waals surface area contributed by atoms with E-state index in [1.165, 1.54) is 18.4 Å². The monoisotopic (exact) mass is 381 g/mol. The van der Waals surface area contributed by atoms with Gasteiger partial charge in [-0.3, -0.25) is 4.79 Å². The molecule has 150 valence electrons. The van der Waals surface area contributed by atoms with Gasteiger partial charge in [-0.2, -0.15) is 0 Å².